The van der Waals surface area contributed by atoms with Crippen molar-refractivity contribution in [1.29, 1.82) is 0 Å². The number of methoxy groups -OCH3 is 1. The number of hydrogen-bond acceptors (Lipinski definition) is 9. The first kappa shape index (κ1) is 27.0. The van der Waals surface area contributed by atoms with Crippen LogP contribution in [0.5, 0.6) is 11.6 Å². The van der Waals surface area contributed by atoms with Gasteiger partial charge in [0.1, 0.15) is 11.9 Å². The maximum absolute atomic E-state index is 14.0. The molecule has 5 heterocycles. The third-order valence-corrected chi connectivity index (χ3v) is 7.35. The first-order valence-electron chi connectivity index (χ1n) is 13.4. The van der Waals surface area contributed by atoms with Crippen LogP contribution in [0.1, 0.15) is 29.3 Å². The van der Waals surface area contributed by atoms with Gasteiger partial charge < -0.3 is 14.2 Å². The number of carbonyl (C=O) groups excluding carboxylic acids is 1. The molecule has 41 heavy (non-hydrogen) atoms. The predicted molar refractivity (Wildman–Crippen MR) is 146 cm³/mol. The highest BCUT2D eigenvalue weighted by molar-refractivity contribution is 5.82. The lowest BCUT2D eigenvalue weighted by Gasteiger charge is -2.17. The van der Waals surface area contributed by atoms with Gasteiger partial charge in [-0.3, -0.25) is 9.63 Å². The van der Waals surface area contributed by atoms with Crippen LogP contribution < -0.4 is 9.47 Å². The van der Waals surface area contributed by atoms with E-state index in [0.29, 0.717) is 42.6 Å². The van der Waals surface area contributed by atoms with Gasteiger partial charge in [0.2, 0.25) is 12.7 Å². The highest BCUT2D eigenvalue weighted by Gasteiger charge is 2.37. The molecule has 0 N–H and O–H groups in total. The smallest absolute Gasteiger partial charge is 0.260 e. The summed E-state index contributed by atoms with van der Waals surface area (Å²) in [6.07, 6.45) is 3.06. The minimum Gasteiger partial charge on any atom is -0.452 e. The average Bonchev–Trinajstić information content (AvgIpc) is 3.70. The van der Waals surface area contributed by atoms with Gasteiger partial charge >= 0.3 is 0 Å². The molecule has 0 bridgehead atoms. The standard InChI is InChI=1S/C30H30FN5O5/c1-19-25(15-24(37)12-22-17-35(10-11-38-2)41-29(22)20-8-9-32-27(31)14-20)36(23-6-4-3-5-7-23)34-28(19)21-13-26-30(33-16-21)40-18-39-26/h3-9,13-14,16,22,29H,10-12,15,17-18H2,1-2H3/t22-,29+/m1/s1. The first-order valence-corrected chi connectivity index (χ1v) is 13.4. The second kappa shape index (κ2) is 11.7. The third-order valence-electron chi connectivity index (χ3n) is 7.35. The number of para-hydroxylation sites is 1. The van der Waals surface area contributed by atoms with Crippen molar-refractivity contribution < 1.29 is 28.2 Å². The lowest BCUT2D eigenvalue weighted by molar-refractivity contribution is -0.155. The molecule has 11 heteroatoms. The number of fused-ring (bicyclic) bond motifs is 1. The zero-order valence-corrected chi connectivity index (χ0v) is 22.8. The van der Waals surface area contributed by atoms with Crippen molar-refractivity contribution in [2.45, 2.75) is 25.9 Å². The molecule has 1 saturated heterocycles. The van der Waals surface area contributed by atoms with Crippen molar-refractivity contribution in [3.05, 3.63) is 83.7 Å². The largest absolute Gasteiger partial charge is 0.452 e. The fourth-order valence-corrected chi connectivity index (χ4v) is 5.35. The number of rotatable bonds is 10. The Morgan fingerprint density at radius 3 is 2.80 bits per heavy atom. The molecule has 0 aliphatic carbocycles. The lowest BCUT2D eigenvalue weighted by atomic mass is 9.91. The second-order valence-corrected chi connectivity index (χ2v) is 10.1. The molecule has 0 spiro atoms. The lowest BCUT2D eigenvalue weighted by Crippen LogP contribution is -2.24. The molecule has 2 aliphatic rings. The van der Waals surface area contributed by atoms with Crippen LogP contribution in [0.25, 0.3) is 16.9 Å². The van der Waals surface area contributed by atoms with Crippen LogP contribution in [0.4, 0.5) is 4.39 Å². The molecule has 0 radical (unpaired) electrons. The topological polar surface area (TPSA) is 101 Å². The van der Waals surface area contributed by atoms with Gasteiger partial charge in [-0.1, -0.05) is 18.2 Å². The maximum Gasteiger partial charge on any atom is 0.260 e. The molecule has 3 aromatic heterocycles. The minimum atomic E-state index is -0.584. The van der Waals surface area contributed by atoms with E-state index < -0.39 is 12.1 Å². The quantitative estimate of drug-likeness (QED) is 0.264. The molecular weight excluding hydrogens is 529 g/mol. The van der Waals surface area contributed by atoms with Crippen molar-refractivity contribution in [2.75, 3.05) is 33.6 Å². The number of ether oxygens (including phenoxy) is 3. The minimum absolute atomic E-state index is 0.0299. The Kier molecular flexibility index (Phi) is 7.73. The van der Waals surface area contributed by atoms with Gasteiger partial charge in [-0.05, 0) is 48.4 Å². The number of ketones is 1. The van der Waals surface area contributed by atoms with Gasteiger partial charge in [-0.15, -0.1) is 0 Å². The highest BCUT2D eigenvalue weighted by atomic mass is 19.1. The van der Waals surface area contributed by atoms with E-state index in [1.807, 2.05) is 48.0 Å². The van der Waals surface area contributed by atoms with Crippen LogP contribution >= 0.6 is 0 Å². The Morgan fingerprint density at radius 1 is 1.15 bits per heavy atom. The number of pyridine rings is 2. The Bertz CT molecular complexity index is 1550. The molecule has 2 atom stereocenters. The molecule has 4 aromatic rings. The molecule has 1 aromatic carbocycles. The second-order valence-electron chi connectivity index (χ2n) is 10.1. The number of benzene rings is 1. The van der Waals surface area contributed by atoms with E-state index in [1.54, 1.807) is 24.4 Å². The molecule has 1 fully saturated rings. The summed E-state index contributed by atoms with van der Waals surface area (Å²) in [4.78, 5) is 27.9. The summed E-state index contributed by atoms with van der Waals surface area (Å²) in [6, 6.07) is 14.7. The van der Waals surface area contributed by atoms with Gasteiger partial charge in [0.25, 0.3) is 5.88 Å². The summed E-state index contributed by atoms with van der Waals surface area (Å²) in [5.41, 5.74) is 4.64. The van der Waals surface area contributed by atoms with Crippen LogP contribution in [0, 0.1) is 18.8 Å². The van der Waals surface area contributed by atoms with E-state index in [0.717, 1.165) is 22.5 Å². The Morgan fingerprint density at radius 2 is 2.00 bits per heavy atom. The SMILES string of the molecule is COCCN1C[C@@H](CC(=O)Cc2c(C)c(-c3cnc4c(c3)OCO4)nn2-c2ccccc2)[C@H](c2ccnc(F)c2)O1. The van der Waals surface area contributed by atoms with E-state index in [9.17, 15) is 9.18 Å². The summed E-state index contributed by atoms with van der Waals surface area (Å²) in [6.45, 7) is 3.63. The Balaban J connectivity index is 1.28. The number of carbonyl (C=O) groups is 1. The number of hydrogen-bond donors (Lipinski definition) is 0. The van der Waals surface area contributed by atoms with Gasteiger partial charge in [0, 0.05) is 56.9 Å². The van der Waals surface area contributed by atoms with Crippen molar-refractivity contribution in [3.63, 3.8) is 0 Å². The number of halogens is 1. The first-order chi connectivity index (χ1) is 20.0. The fraction of sp³-hybridized carbons (Fsp3) is 0.333. The van der Waals surface area contributed by atoms with Crippen LogP contribution in [0.3, 0.4) is 0 Å². The summed E-state index contributed by atoms with van der Waals surface area (Å²) in [7, 11) is 1.62. The van der Waals surface area contributed by atoms with E-state index >= 15 is 0 Å². The normalized spacial score (nSPS) is 18.2. The number of Topliss-reactive ketones (excluding diaryl/α,β-unsaturated/α-hetero) is 1. The van der Waals surface area contributed by atoms with Crippen molar-refractivity contribution >= 4 is 5.78 Å². The summed E-state index contributed by atoms with van der Waals surface area (Å²) >= 11 is 0. The Hall–Kier alpha value is -4.19. The molecule has 2 aliphatic heterocycles. The maximum atomic E-state index is 14.0. The number of aromatic nitrogens is 4. The molecule has 0 amide bonds. The zero-order chi connectivity index (χ0) is 28.3. The molecular formula is C30H30FN5O5. The van der Waals surface area contributed by atoms with Crippen LogP contribution in [-0.4, -0.2) is 64.2 Å². The molecule has 0 unspecified atom stereocenters. The van der Waals surface area contributed by atoms with Gasteiger partial charge in [0.15, 0.2) is 5.75 Å². The van der Waals surface area contributed by atoms with E-state index in [-0.39, 0.29) is 31.3 Å². The van der Waals surface area contributed by atoms with Gasteiger partial charge in [-0.25, -0.2) is 14.6 Å². The summed E-state index contributed by atoms with van der Waals surface area (Å²) in [5.74, 6) is 0.284. The van der Waals surface area contributed by atoms with E-state index in [1.165, 1.54) is 12.3 Å². The van der Waals surface area contributed by atoms with E-state index in [4.69, 9.17) is 24.1 Å². The highest BCUT2D eigenvalue weighted by Crippen LogP contribution is 2.38. The predicted octanol–water partition coefficient (Wildman–Crippen LogP) is 4.26. The molecule has 6 rings (SSSR count). The van der Waals surface area contributed by atoms with Crippen molar-refractivity contribution in [2.24, 2.45) is 5.92 Å². The summed E-state index contributed by atoms with van der Waals surface area (Å²) in [5, 5.41) is 6.70. The fourth-order valence-electron chi connectivity index (χ4n) is 5.35. The van der Waals surface area contributed by atoms with Gasteiger partial charge in [0.05, 0.1) is 23.7 Å². The Labute approximate surface area is 236 Å². The van der Waals surface area contributed by atoms with E-state index in [2.05, 4.69) is 9.97 Å². The number of nitrogens with zero attached hydrogens (tertiary/aromatic N) is 5. The molecule has 0 saturated carbocycles. The van der Waals surface area contributed by atoms with Crippen molar-refractivity contribution in [1.82, 2.24) is 24.8 Å². The third kappa shape index (κ3) is 5.69. The monoisotopic (exact) mass is 559 g/mol. The van der Waals surface area contributed by atoms with Crippen LogP contribution in [0.15, 0.2) is 60.9 Å². The van der Waals surface area contributed by atoms with Gasteiger partial charge in [-0.2, -0.15) is 14.6 Å². The average molecular weight is 560 g/mol. The molecule has 212 valence electrons. The summed E-state index contributed by atoms with van der Waals surface area (Å²) < 4.78 is 31.9. The molecule has 10 nitrogen and oxygen atoms in total. The zero-order valence-electron chi connectivity index (χ0n) is 22.8. The number of hydroxylamine groups is 2. The van der Waals surface area contributed by atoms with Crippen LogP contribution in [0.2, 0.25) is 0 Å². The van der Waals surface area contributed by atoms with Crippen molar-refractivity contribution in [3.8, 4) is 28.6 Å². The van der Waals surface area contributed by atoms with Crippen LogP contribution in [-0.2, 0) is 20.8 Å².